The predicted molar refractivity (Wildman–Crippen MR) is 150 cm³/mol. The summed E-state index contributed by atoms with van der Waals surface area (Å²) in [6, 6.07) is 7.93. The van der Waals surface area contributed by atoms with E-state index in [4.69, 9.17) is 9.47 Å². The Morgan fingerprint density at radius 1 is 0.865 bits per heavy atom. The molecule has 0 N–H and O–H groups in total. The lowest BCUT2D eigenvalue weighted by molar-refractivity contribution is -0.142. The Labute approximate surface area is 224 Å². The molecule has 0 saturated heterocycles. The van der Waals surface area contributed by atoms with Crippen LogP contribution in [0.5, 0.6) is 5.75 Å². The monoisotopic (exact) mass is 508 g/mol. The molecule has 37 heavy (non-hydrogen) atoms. The van der Waals surface area contributed by atoms with Crippen LogP contribution in [0, 0.1) is 17.3 Å². The lowest BCUT2D eigenvalue weighted by atomic mass is 9.71. The van der Waals surface area contributed by atoms with Gasteiger partial charge in [0.05, 0.1) is 11.7 Å². The van der Waals surface area contributed by atoms with Gasteiger partial charge in [-0.1, -0.05) is 71.7 Å². The number of carbonyl (C=O) groups excluding carboxylic acids is 2. The first kappa shape index (κ1) is 29.2. The number of ether oxygens (including phenoxy) is 2. The molecule has 0 radical (unpaired) electrons. The minimum atomic E-state index is -0.330. The fourth-order valence-electron chi connectivity index (χ4n) is 5.34. The van der Waals surface area contributed by atoms with Gasteiger partial charge < -0.3 is 9.47 Å². The summed E-state index contributed by atoms with van der Waals surface area (Å²) < 4.78 is 12.0. The molecule has 2 aliphatic carbocycles. The number of rotatable bonds is 10. The van der Waals surface area contributed by atoms with Crippen molar-refractivity contribution >= 4 is 11.8 Å². The van der Waals surface area contributed by atoms with Crippen molar-refractivity contribution < 1.29 is 19.1 Å². The Balaban J connectivity index is 1.63. The largest absolute Gasteiger partial charge is 0.492 e. The minimum absolute atomic E-state index is 0.0406. The second-order valence-electron chi connectivity index (χ2n) is 12.8. The third-order valence-corrected chi connectivity index (χ3v) is 8.90. The summed E-state index contributed by atoms with van der Waals surface area (Å²) in [6.45, 7) is 17.0. The van der Waals surface area contributed by atoms with Gasteiger partial charge in [0.2, 0.25) is 0 Å². The van der Waals surface area contributed by atoms with Gasteiger partial charge in [0.1, 0.15) is 17.1 Å². The lowest BCUT2D eigenvalue weighted by Gasteiger charge is -2.33. The Bertz CT molecular complexity index is 1020. The van der Waals surface area contributed by atoms with Gasteiger partial charge in [0.15, 0.2) is 0 Å². The third kappa shape index (κ3) is 7.15. The van der Waals surface area contributed by atoms with Gasteiger partial charge in [-0.15, -0.1) is 0 Å². The number of hydrogen-bond donors (Lipinski definition) is 0. The second kappa shape index (κ2) is 11.6. The van der Waals surface area contributed by atoms with Crippen molar-refractivity contribution in [1.82, 2.24) is 0 Å². The molecule has 4 heteroatoms. The molecule has 1 aromatic rings. The van der Waals surface area contributed by atoms with Crippen LogP contribution >= 0.6 is 0 Å². The number of benzene rings is 1. The summed E-state index contributed by atoms with van der Waals surface area (Å²) in [5.74, 6) is 1.46. The number of esters is 1. The molecular weight excluding hydrogens is 460 g/mol. The molecule has 204 valence electrons. The first-order chi connectivity index (χ1) is 17.3. The molecule has 4 nitrogen and oxygen atoms in total. The predicted octanol–water partition coefficient (Wildman–Crippen LogP) is 8.49. The van der Waals surface area contributed by atoms with Crippen LogP contribution in [-0.2, 0) is 19.7 Å². The molecule has 2 unspecified atom stereocenters. The standard InChI is InChI=1S/C33H48O4/c1-9-31(3,4)29(34)23-12-11-13-24(22-23)30(35)36-27-18-14-25(15-19-27)33(7,8)26-16-20-28(21-17-26)37-32(5,6)10-2/h14-16,18-20,23-24H,9-13,17,21-22H2,1-8H3. The molecule has 0 bridgehead atoms. The van der Waals surface area contributed by atoms with Crippen LogP contribution in [0.4, 0.5) is 0 Å². The summed E-state index contributed by atoms with van der Waals surface area (Å²) in [5, 5.41) is 0. The number of hydrogen-bond acceptors (Lipinski definition) is 4. The van der Waals surface area contributed by atoms with Crippen molar-refractivity contribution in [3.8, 4) is 5.75 Å². The van der Waals surface area contributed by atoms with Gasteiger partial charge in [-0.05, 0) is 76.1 Å². The van der Waals surface area contributed by atoms with E-state index in [1.165, 1.54) is 11.1 Å². The fraction of sp³-hybridized carbons (Fsp3) is 0.636. The van der Waals surface area contributed by atoms with Gasteiger partial charge in [-0.3, -0.25) is 9.59 Å². The van der Waals surface area contributed by atoms with Crippen LogP contribution in [0.1, 0.15) is 112 Å². The minimum Gasteiger partial charge on any atom is -0.492 e. The van der Waals surface area contributed by atoms with Crippen molar-refractivity contribution in [3.63, 3.8) is 0 Å². The highest BCUT2D eigenvalue weighted by Crippen LogP contribution is 2.39. The Morgan fingerprint density at radius 3 is 2.08 bits per heavy atom. The summed E-state index contributed by atoms with van der Waals surface area (Å²) in [4.78, 5) is 25.9. The molecule has 0 aromatic heterocycles. The van der Waals surface area contributed by atoms with E-state index in [2.05, 4.69) is 65.8 Å². The number of allylic oxidation sites excluding steroid dienone is 4. The Kier molecular flexibility index (Phi) is 9.14. The lowest BCUT2D eigenvalue weighted by Crippen LogP contribution is -2.36. The van der Waals surface area contributed by atoms with E-state index in [0.717, 1.165) is 50.7 Å². The first-order valence-corrected chi connectivity index (χ1v) is 14.2. The molecule has 1 fully saturated rings. The van der Waals surface area contributed by atoms with Crippen molar-refractivity contribution in [1.29, 1.82) is 0 Å². The topological polar surface area (TPSA) is 52.6 Å². The molecule has 1 aromatic carbocycles. The highest BCUT2D eigenvalue weighted by molar-refractivity contribution is 5.87. The van der Waals surface area contributed by atoms with Crippen molar-refractivity contribution in [2.24, 2.45) is 17.3 Å². The fourth-order valence-corrected chi connectivity index (χ4v) is 5.34. The molecular formula is C33H48O4. The van der Waals surface area contributed by atoms with Crippen molar-refractivity contribution in [2.45, 2.75) is 118 Å². The molecule has 2 atom stereocenters. The molecule has 2 aliphatic rings. The van der Waals surface area contributed by atoms with E-state index >= 15 is 0 Å². The number of Topliss-reactive ketones (excluding diaryl/α,β-unsaturated/α-hetero) is 1. The van der Waals surface area contributed by atoms with Crippen LogP contribution in [-0.4, -0.2) is 17.4 Å². The Morgan fingerprint density at radius 2 is 1.51 bits per heavy atom. The summed E-state index contributed by atoms with van der Waals surface area (Å²) in [6.07, 6.45) is 11.2. The molecule has 0 heterocycles. The van der Waals surface area contributed by atoms with Crippen LogP contribution in [0.3, 0.4) is 0 Å². The van der Waals surface area contributed by atoms with Crippen LogP contribution in [0.2, 0.25) is 0 Å². The summed E-state index contributed by atoms with van der Waals surface area (Å²) in [5.41, 5.74) is 1.96. The summed E-state index contributed by atoms with van der Waals surface area (Å²) >= 11 is 0. The van der Waals surface area contributed by atoms with Gasteiger partial charge in [-0.25, -0.2) is 0 Å². The maximum Gasteiger partial charge on any atom is 0.314 e. The van der Waals surface area contributed by atoms with E-state index in [-0.39, 0.29) is 34.2 Å². The van der Waals surface area contributed by atoms with E-state index in [0.29, 0.717) is 18.0 Å². The number of ketones is 1. The zero-order chi connectivity index (χ0) is 27.4. The zero-order valence-corrected chi connectivity index (χ0v) is 24.4. The third-order valence-electron chi connectivity index (χ3n) is 8.90. The first-order valence-electron chi connectivity index (χ1n) is 14.2. The smallest absolute Gasteiger partial charge is 0.314 e. The van der Waals surface area contributed by atoms with Gasteiger partial charge in [0.25, 0.3) is 0 Å². The molecule has 3 rings (SSSR count). The van der Waals surface area contributed by atoms with E-state index in [1.54, 1.807) is 0 Å². The molecule has 1 saturated carbocycles. The normalized spacial score (nSPS) is 21.1. The van der Waals surface area contributed by atoms with E-state index < -0.39 is 0 Å². The van der Waals surface area contributed by atoms with Gasteiger partial charge in [-0.2, -0.15) is 0 Å². The maximum atomic E-state index is 13.0. The highest BCUT2D eigenvalue weighted by atomic mass is 16.5. The average molecular weight is 509 g/mol. The SMILES string of the molecule is CCC(C)(C)OC1=CC=C(C(C)(C)c2ccc(OC(=O)C3CCCC(C(=O)C(C)(C)CC)C3)cc2)CC1. The highest BCUT2D eigenvalue weighted by Gasteiger charge is 2.38. The molecule has 0 amide bonds. The number of carbonyl (C=O) groups is 2. The van der Waals surface area contributed by atoms with E-state index in [9.17, 15) is 9.59 Å². The van der Waals surface area contributed by atoms with Gasteiger partial charge >= 0.3 is 5.97 Å². The molecule has 0 spiro atoms. The van der Waals surface area contributed by atoms with Crippen LogP contribution in [0.15, 0.2) is 47.7 Å². The van der Waals surface area contributed by atoms with Crippen molar-refractivity contribution in [2.75, 3.05) is 0 Å². The van der Waals surface area contributed by atoms with Crippen molar-refractivity contribution in [3.05, 3.63) is 53.3 Å². The summed E-state index contributed by atoms with van der Waals surface area (Å²) in [7, 11) is 0. The average Bonchev–Trinajstić information content (AvgIpc) is 2.88. The maximum absolute atomic E-state index is 13.0. The van der Waals surface area contributed by atoms with Crippen LogP contribution in [0.25, 0.3) is 0 Å². The quantitative estimate of drug-likeness (QED) is 0.235. The Hall–Kier alpha value is -2.36. The van der Waals surface area contributed by atoms with Gasteiger partial charge in [0, 0.05) is 23.2 Å². The second-order valence-corrected chi connectivity index (χ2v) is 12.8. The van der Waals surface area contributed by atoms with Crippen LogP contribution < -0.4 is 4.74 Å². The zero-order valence-electron chi connectivity index (χ0n) is 24.4. The molecule has 0 aliphatic heterocycles. The van der Waals surface area contributed by atoms with E-state index in [1.807, 2.05) is 26.0 Å².